The molecule has 13 heteroatoms. The van der Waals surface area contributed by atoms with Gasteiger partial charge in [0.25, 0.3) is 0 Å². The van der Waals surface area contributed by atoms with E-state index in [2.05, 4.69) is 0 Å². The van der Waals surface area contributed by atoms with Crippen molar-refractivity contribution in [3.63, 3.8) is 0 Å². The van der Waals surface area contributed by atoms with Gasteiger partial charge in [-0.05, 0) is 54.8 Å². The highest BCUT2D eigenvalue weighted by Crippen LogP contribution is 2.57. The smallest absolute Gasteiger partial charge is 0.310 e. The molecule has 2 fully saturated rings. The van der Waals surface area contributed by atoms with Crippen molar-refractivity contribution in [3.05, 3.63) is 41.0 Å². The summed E-state index contributed by atoms with van der Waals surface area (Å²) >= 11 is 0. The Morgan fingerprint density at radius 2 is 1.58 bits per heavy atom. The lowest BCUT2D eigenvalue weighted by Crippen LogP contribution is -2.59. The van der Waals surface area contributed by atoms with Crippen molar-refractivity contribution in [2.24, 2.45) is 11.8 Å². The molecule has 2 aromatic carbocycles. The molecule has 10 atom stereocenters. The number of aromatic hydroxyl groups is 1. The zero-order chi connectivity index (χ0) is 30.6. The molecule has 0 aromatic heterocycles. The maximum absolute atomic E-state index is 13.4. The first-order valence-electron chi connectivity index (χ1n) is 14.1. The van der Waals surface area contributed by atoms with Crippen molar-refractivity contribution < 1.29 is 62.7 Å². The van der Waals surface area contributed by atoms with Crippen LogP contribution in [0.4, 0.5) is 0 Å². The maximum Gasteiger partial charge on any atom is 0.310 e. The maximum atomic E-state index is 13.4. The number of carbonyl (C=O) groups is 1. The largest absolute Gasteiger partial charge is 0.502 e. The molecule has 13 nitrogen and oxygen atoms in total. The third kappa shape index (κ3) is 5.03. The van der Waals surface area contributed by atoms with Crippen LogP contribution in [0.25, 0.3) is 0 Å². The number of phenolic OH excluding ortho intramolecular Hbond substituents is 1. The minimum atomic E-state index is -1.47. The van der Waals surface area contributed by atoms with Crippen molar-refractivity contribution in [3.8, 4) is 28.7 Å². The van der Waals surface area contributed by atoms with E-state index in [9.17, 15) is 20.1 Å². The van der Waals surface area contributed by atoms with E-state index in [1.807, 2.05) is 0 Å². The summed E-state index contributed by atoms with van der Waals surface area (Å²) in [5.74, 6) is -1.05. The van der Waals surface area contributed by atoms with Gasteiger partial charge >= 0.3 is 5.97 Å². The van der Waals surface area contributed by atoms with Crippen molar-refractivity contribution in [2.75, 3.05) is 34.7 Å². The van der Waals surface area contributed by atoms with Crippen LogP contribution in [-0.4, -0.2) is 93.0 Å². The van der Waals surface area contributed by atoms with Gasteiger partial charge in [-0.1, -0.05) is 0 Å². The molecule has 0 spiro atoms. The molecule has 3 N–H and O–H groups in total. The molecular formula is C30H36O13. The highest BCUT2D eigenvalue weighted by molar-refractivity contribution is 5.79. The van der Waals surface area contributed by atoms with Crippen LogP contribution < -0.4 is 18.9 Å². The highest BCUT2D eigenvalue weighted by Gasteiger charge is 2.55. The lowest BCUT2D eigenvalue weighted by molar-refractivity contribution is -0.329. The first-order chi connectivity index (χ1) is 20.7. The SMILES string of the molecule is COc1cc([C@@H]2c3cc4c(cc3[C@@H](O[C@@H]3OC(C)[C@@H](O[C@H](C)OC)[C@H](O)[C@H]3O)[C@H]3COC(=O)[C@H]23)OCO4)cc(OC)c1O. The number of hydrogen-bond acceptors (Lipinski definition) is 13. The third-order valence-corrected chi connectivity index (χ3v) is 8.72. The standard InChI is InChI=1S/C30H36O13/c1-12-27(42-13(2)35-3)25(32)26(33)30(41-12)43-28-16-9-19-18(39-11-40-19)8-15(16)22(23-17(28)10-38-29(23)34)14-6-20(36-4)24(31)21(7-14)37-5/h6-9,12-13,17,22-23,25-28,30-33H,10-11H2,1-5H3/t12?,13-,17+,22-,23+,25-,26-,27-,28-,30+/m1/s1. The van der Waals surface area contributed by atoms with Crippen molar-refractivity contribution in [1.82, 2.24) is 0 Å². The summed E-state index contributed by atoms with van der Waals surface area (Å²) in [6, 6.07) is 6.92. The quantitative estimate of drug-likeness (QED) is 0.297. The van der Waals surface area contributed by atoms with E-state index in [-0.39, 0.29) is 30.6 Å². The molecule has 2 aromatic rings. The van der Waals surface area contributed by atoms with Crippen LogP contribution in [0.15, 0.2) is 24.3 Å². The molecule has 0 bridgehead atoms. The van der Waals surface area contributed by atoms with E-state index in [0.29, 0.717) is 28.2 Å². The summed E-state index contributed by atoms with van der Waals surface area (Å²) in [6.07, 6.45) is -7.04. The number of aliphatic hydroxyl groups excluding tert-OH is 2. The highest BCUT2D eigenvalue weighted by atomic mass is 16.7. The predicted molar refractivity (Wildman–Crippen MR) is 145 cm³/mol. The number of ether oxygens (including phenoxy) is 9. The molecule has 1 aliphatic carbocycles. The fourth-order valence-corrected chi connectivity index (χ4v) is 6.51. The normalized spacial score (nSPS) is 33.4. The van der Waals surface area contributed by atoms with E-state index >= 15 is 0 Å². The Kier molecular flexibility index (Phi) is 8.05. The minimum Gasteiger partial charge on any atom is -0.502 e. The summed E-state index contributed by atoms with van der Waals surface area (Å²) in [5, 5.41) is 32.6. The van der Waals surface area contributed by atoms with Gasteiger partial charge in [0.15, 0.2) is 35.6 Å². The number of phenols is 1. The Bertz CT molecular complexity index is 1340. The second kappa shape index (κ2) is 11.6. The van der Waals surface area contributed by atoms with Gasteiger partial charge < -0.3 is 58.0 Å². The van der Waals surface area contributed by atoms with Crippen LogP contribution in [0, 0.1) is 11.8 Å². The van der Waals surface area contributed by atoms with E-state index in [4.69, 9.17) is 42.6 Å². The molecule has 234 valence electrons. The zero-order valence-corrected chi connectivity index (χ0v) is 24.4. The zero-order valence-electron chi connectivity index (χ0n) is 24.4. The lowest BCUT2D eigenvalue weighted by Gasteiger charge is -2.45. The number of esters is 1. The number of aliphatic hydroxyl groups is 2. The first-order valence-corrected chi connectivity index (χ1v) is 14.1. The van der Waals surface area contributed by atoms with Gasteiger partial charge in [0.05, 0.1) is 39.0 Å². The Hall–Kier alpha value is -3.33. The van der Waals surface area contributed by atoms with E-state index in [0.717, 1.165) is 0 Å². The molecular weight excluding hydrogens is 568 g/mol. The van der Waals surface area contributed by atoms with Crippen LogP contribution in [0.1, 0.15) is 42.6 Å². The summed E-state index contributed by atoms with van der Waals surface area (Å²) in [5.41, 5.74) is 2.01. The topological polar surface area (TPSA) is 161 Å². The number of methoxy groups -OCH3 is 3. The second-order valence-electron chi connectivity index (χ2n) is 11.1. The van der Waals surface area contributed by atoms with Crippen molar-refractivity contribution in [2.45, 2.75) is 62.9 Å². The average molecular weight is 605 g/mol. The molecule has 4 aliphatic rings. The number of fused-ring (bicyclic) bond motifs is 3. The van der Waals surface area contributed by atoms with Crippen LogP contribution in [0.2, 0.25) is 0 Å². The van der Waals surface area contributed by atoms with Crippen LogP contribution in [0.3, 0.4) is 0 Å². The molecule has 0 saturated carbocycles. The summed E-state index contributed by atoms with van der Waals surface area (Å²) in [6.45, 7) is 3.45. The van der Waals surface area contributed by atoms with Crippen LogP contribution in [0.5, 0.6) is 28.7 Å². The summed E-state index contributed by atoms with van der Waals surface area (Å²) in [4.78, 5) is 13.4. The van der Waals surface area contributed by atoms with Gasteiger partial charge in [0.2, 0.25) is 12.5 Å². The molecule has 6 rings (SSSR count). The number of carbonyl (C=O) groups excluding carboxylic acids is 1. The fourth-order valence-electron chi connectivity index (χ4n) is 6.51. The minimum absolute atomic E-state index is 0.0274. The van der Waals surface area contributed by atoms with Gasteiger partial charge in [-0.25, -0.2) is 0 Å². The molecule has 1 unspecified atom stereocenters. The number of rotatable bonds is 8. The summed E-state index contributed by atoms with van der Waals surface area (Å²) in [7, 11) is 4.33. The average Bonchev–Trinajstić information content (AvgIpc) is 3.63. The van der Waals surface area contributed by atoms with Gasteiger partial charge in [-0.3, -0.25) is 4.79 Å². The predicted octanol–water partition coefficient (Wildman–Crippen LogP) is 1.97. The van der Waals surface area contributed by atoms with Crippen molar-refractivity contribution in [1.29, 1.82) is 0 Å². The number of cyclic esters (lactones) is 1. The van der Waals surface area contributed by atoms with Crippen LogP contribution >= 0.6 is 0 Å². The van der Waals surface area contributed by atoms with Gasteiger partial charge in [0.1, 0.15) is 18.3 Å². The van der Waals surface area contributed by atoms with E-state index in [1.54, 1.807) is 38.1 Å². The van der Waals surface area contributed by atoms with Gasteiger partial charge in [0, 0.05) is 18.9 Å². The molecule has 3 heterocycles. The first kappa shape index (κ1) is 29.7. The van der Waals surface area contributed by atoms with E-state index < -0.39 is 66.8 Å². The molecule has 0 radical (unpaired) electrons. The number of benzene rings is 2. The third-order valence-electron chi connectivity index (χ3n) is 8.72. The molecule has 3 aliphatic heterocycles. The Morgan fingerprint density at radius 1 is 0.930 bits per heavy atom. The Balaban J connectivity index is 1.42. The lowest BCUT2D eigenvalue weighted by atomic mass is 9.66. The molecule has 2 saturated heterocycles. The van der Waals surface area contributed by atoms with Crippen LogP contribution in [-0.2, 0) is 28.5 Å². The fraction of sp³-hybridized carbons (Fsp3) is 0.567. The summed E-state index contributed by atoms with van der Waals surface area (Å²) < 4.78 is 51.2. The Labute approximate surface area is 248 Å². The van der Waals surface area contributed by atoms with E-state index in [1.165, 1.54) is 21.3 Å². The Morgan fingerprint density at radius 3 is 2.21 bits per heavy atom. The second-order valence-corrected chi connectivity index (χ2v) is 11.1. The molecule has 0 amide bonds. The van der Waals surface area contributed by atoms with Gasteiger partial charge in [-0.2, -0.15) is 0 Å². The number of hydrogen-bond donors (Lipinski definition) is 3. The van der Waals surface area contributed by atoms with Gasteiger partial charge in [-0.15, -0.1) is 0 Å². The monoisotopic (exact) mass is 604 g/mol. The molecule has 43 heavy (non-hydrogen) atoms. The van der Waals surface area contributed by atoms with Crippen molar-refractivity contribution >= 4 is 5.97 Å².